The van der Waals surface area contributed by atoms with Gasteiger partial charge < -0.3 is 0 Å². The molecule has 150 valence electrons. The number of aromatic nitrogens is 2. The number of hydrogen-bond donors (Lipinski definition) is 2. The maximum atomic E-state index is 13.3. The summed E-state index contributed by atoms with van der Waals surface area (Å²) in [5, 5.41) is 1.15. The van der Waals surface area contributed by atoms with Crippen molar-refractivity contribution in [2.24, 2.45) is 11.8 Å². The lowest BCUT2D eigenvalue weighted by Crippen LogP contribution is -2.41. The van der Waals surface area contributed by atoms with Crippen LogP contribution in [0.15, 0.2) is 34.2 Å². The number of amides is 2. The number of nitrogens with one attached hydrogen (secondary N) is 2. The first-order valence-corrected chi connectivity index (χ1v) is 10.6. The third-order valence-corrected chi connectivity index (χ3v) is 6.43. The van der Waals surface area contributed by atoms with Gasteiger partial charge in [0.05, 0.1) is 16.7 Å². The molecule has 1 saturated carbocycles. The SMILES string of the molecule is CC(=O)NNC(=O)CSc1nc2ccccc2c(=O)n1[C@H]1CCC[C@H](C)[C@H]1C. The number of hydrazine groups is 1. The molecule has 2 N–H and O–H groups in total. The number of benzene rings is 1. The lowest BCUT2D eigenvalue weighted by molar-refractivity contribution is -0.126. The predicted molar refractivity (Wildman–Crippen MR) is 110 cm³/mol. The molecule has 1 aliphatic carbocycles. The summed E-state index contributed by atoms with van der Waals surface area (Å²) in [5.74, 6) is 0.241. The van der Waals surface area contributed by atoms with E-state index >= 15 is 0 Å². The Bertz CT molecular complexity index is 943. The fourth-order valence-electron chi connectivity index (χ4n) is 3.76. The van der Waals surface area contributed by atoms with Crippen molar-refractivity contribution >= 4 is 34.5 Å². The minimum atomic E-state index is -0.348. The minimum absolute atomic E-state index is 0.0543. The number of rotatable bonds is 4. The highest BCUT2D eigenvalue weighted by atomic mass is 32.2. The van der Waals surface area contributed by atoms with Crippen LogP contribution in [0.4, 0.5) is 0 Å². The molecule has 7 nitrogen and oxygen atoms in total. The number of thioether (sulfide) groups is 1. The van der Waals surface area contributed by atoms with Crippen LogP contribution in [-0.4, -0.2) is 27.1 Å². The van der Waals surface area contributed by atoms with Crippen LogP contribution in [0.3, 0.4) is 0 Å². The van der Waals surface area contributed by atoms with Gasteiger partial charge in [-0.25, -0.2) is 4.98 Å². The average Bonchev–Trinajstić information content (AvgIpc) is 2.67. The van der Waals surface area contributed by atoms with Gasteiger partial charge in [0, 0.05) is 13.0 Å². The van der Waals surface area contributed by atoms with E-state index in [1.807, 2.05) is 18.2 Å². The van der Waals surface area contributed by atoms with E-state index in [2.05, 4.69) is 24.7 Å². The van der Waals surface area contributed by atoms with Gasteiger partial charge in [0.1, 0.15) is 0 Å². The summed E-state index contributed by atoms with van der Waals surface area (Å²) >= 11 is 1.22. The number of hydrogen-bond acceptors (Lipinski definition) is 5. The van der Waals surface area contributed by atoms with Crippen molar-refractivity contribution in [1.82, 2.24) is 20.4 Å². The predicted octanol–water partition coefficient (Wildman–Crippen LogP) is 2.65. The molecule has 0 unspecified atom stereocenters. The molecule has 3 rings (SSSR count). The highest BCUT2D eigenvalue weighted by molar-refractivity contribution is 7.99. The third kappa shape index (κ3) is 4.38. The van der Waals surface area contributed by atoms with Gasteiger partial charge in [-0.2, -0.15) is 0 Å². The minimum Gasteiger partial charge on any atom is -0.284 e. The molecule has 2 amide bonds. The first-order valence-electron chi connectivity index (χ1n) is 9.58. The van der Waals surface area contributed by atoms with Gasteiger partial charge in [-0.05, 0) is 30.4 Å². The molecule has 8 heteroatoms. The van der Waals surface area contributed by atoms with Gasteiger partial charge in [-0.3, -0.25) is 29.8 Å². The van der Waals surface area contributed by atoms with E-state index in [0.29, 0.717) is 27.9 Å². The Balaban J connectivity index is 1.96. The Hall–Kier alpha value is -2.35. The van der Waals surface area contributed by atoms with Gasteiger partial charge in [0.25, 0.3) is 5.56 Å². The highest BCUT2D eigenvalue weighted by Crippen LogP contribution is 2.38. The van der Waals surface area contributed by atoms with Crippen molar-refractivity contribution in [3.05, 3.63) is 34.6 Å². The lowest BCUT2D eigenvalue weighted by Gasteiger charge is -2.36. The Morgan fingerprint density at radius 1 is 1.21 bits per heavy atom. The molecule has 0 aliphatic heterocycles. The largest absolute Gasteiger partial charge is 0.284 e. The van der Waals surface area contributed by atoms with Crippen LogP contribution in [0, 0.1) is 11.8 Å². The van der Waals surface area contributed by atoms with E-state index in [4.69, 9.17) is 4.98 Å². The summed E-state index contributed by atoms with van der Waals surface area (Å²) in [5.41, 5.74) is 5.19. The van der Waals surface area contributed by atoms with Gasteiger partial charge >= 0.3 is 0 Å². The summed E-state index contributed by atoms with van der Waals surface area (Å²) in [4.78, 5) is 41.0. The Morgan fingerprint density at radius 3 is 2.71 bits per heavy atom. The number of fused-ring (bicyclic) bond motifs is 1. The molecule has 1 aliphatic rings. The summed E-state index contributed by atoms with van der Waals surface area (Å²) in [6.45, 7) is 5.74. The molecular formula is C20H26N4O3S. The van der Waals surface area contributed by atoms with E-state index in [0.717, 1.165) is 19.3 Å². The molecule has 1 aromatic heterocycles. The highest BCUT2D eigenvalue weighted by Gasteiger charge is 2.31. The smallest absolute Gasteiger partial charge is 0.262 e. The fourth-order valence-corrected chi connectivity index (χ4v) is 4.61. The number of carbonyl (C=O) groups excluding carboxylic acids is 2. The van der Waals surface area contributed by atoms with Crippen LogP contribution < -0.4 is 16.4 Å². The van der Waals surface area contributed by atoms with Gasteiger partial charge in [-0.1, -0.05) is 50.6 Å². The lowest BCUT2D eigenvalue weighted by atomic mass is 9.78. The topological polar surface area (TPSA) is 93.1 Å². The Labute approximate surface area is 168 Å². The van der Waals surface area contributed by atoms with E-state index in [9.17, 15) is 14.4 Å². The van der Waals surface area contributed by atoms with Crippen molar-refractivity contribution < 1.29 is 9.59 Å². The van der Waals surface area contributed by atoms with Crippen LogP contribution in [0.5, 0.6) is 0 Å². The standard InChI is InChI=1S/C20H26N4O3S/c1-12-7-6-10-17(13(12)2)24-19(27)15-8-4-5-9-16(15)21-20(24)28-11-18(26)23-22-14(3)25/h4-5,8-9,12-13,17H,6-7,10-11H2,1-3H3,(H,22,25)(H,23,26)/t12-,13+,17-/m0/s1. The summed E-state index contributed by atoms with van der Waals surface area (Å²) in [7, 11) is 0. The maximum absolute atomic E-state index is 13.3. The fraction of sp³-hybridized carbons (Fsp3) is 0.500. The van der Waals surface area contributed by atoms with E-state index in [1.54, 1.807) is 10.6 Å². The molecule has 1 fully saturated rings. The summed E-state index contributed by atoms with van der Waals surface area (Å²) < 4.78 is 1.79. The average molecular weight is 403 g/mol. The van der Waals surface area contributed by atoms with Crippen LogP contribution in [0.1, 0.15) is 46.1 Å². The third-order valence-electron chi connectivity index (χ3n) is 5.48. The molecule has 28 heavy (non-hydrogen) atoms. The van der Waals surface area contributed by atoms with Crippen molar-refractivity contribution in [2.45, 2.75) is 51.2 Å². The van der Waals surface area contributed by atoms with Crippen LogP contribution in [-0.2, 0) is 9.59 Å². The van der Waals surface area contributed by atoms with Crippen LogP contribution in [0.2, 0.25) is 0 Å². The zero-order valence-electron chi connectivity index (χ0n) is 16.4. The Kier molecular flexibility index (Phi) is 6.39. The van der Waals surface area contributed by atoms with Crippen LogP contribution in [0.25, 0.3) is 10.9 Å². The normalized spacial score (nSPS) is 22.0. The van der Waals surface area contributed by atoms with Crippen molar-refractivity contribution in [3.63, 3.8) is 0 Å². The first kappa shape index (κ1) is 20.4. The van der Waals surface area contributed by atoms with E-state index in [-0.39, 0.29) is 29.2 Å². The Morgan fingerprint density at radius 2 is 1.96 bits per heavy atom. The zero-order chi connectivity index (χ0) is 20.3. The van der Waals surface area contributed by atoms with Gasteiger partial charge in [0.2, 0.25) is 11.8 Å². The van der Waals surface area contributed by atoms with Gasteiger partial charge in [-0.15, -0.1) is 0 Å². The second kappa shape index (κ2) is 8.77. The zero-order valence-corrected chi connectivity index (χ0v) is 17.2. The van der Waals surface area contributed by atoms with Crippen molar-refractivity contribution in [2.75, 3.05) is 5.75 Å². The quantitative estimate of drug-likeness (QED) is 0.466. The molecule has 0 saturated heterocycles. The molecule has 2 aromatic rings. The molecule has 1 aromatic carbocycles. The molecule has 0 radical (unpaired) electrons. The van der Waals surface area contributed by atoms with E-state index in [1.165, 1.54) is 18.7 Å². The number of para-hydroxylation sites is 1. The summed E-state index contributed by atoms with van der Waals surface area (Å²) in [6.07, 6.45) is 3.16. The maximum Gasteiger partial charge on any atom is 0.262 e. The van der Waals surface area contributed by atoms with E-state index < -0.39 is 0 Å². The monoisotopic (exact) mass is 402 g/mol. The second-order valence-electron chi connectivity index (χ2n) is 7.44. The first-order chi connectivity index (χ1) is 13.4. The summed E-state index contributed by atoms with van der Waals surface area (Å²) in [6, 6.07) is 7.37. The molecule has 3 atom stereocenters. The second-order valence-corrected chi connectivity index (χ2v) is 8.38. The number of carbonyl (C=O) groups is 2. The molecule has 0 spiro atoms. The van der Waals surface area contributed by atoms with Crippen molar-refractivity contribution in [1.29, 1.82) is 0 Å². The molecular weight excluding hydrogens is 376 g/mol. The van der Waals surface area contributed by atoms with Crippen molar-refractivity contribution in [3.8, 4) is 0 Å². The number of nitrogens with zero attached hydrogens (tertiary/aromatic N) is 2. The van der Waals surface area contributed by atoms with Crippen LogP contribution >= 0.6 is 11.8 Å². The van der Waals surface area contributed by atoms with Gasteiger partial charge in [0.15, 0.2) is 5.16 Å². The molecule has 1 heterocycles. The molecule has 0 bridgehead atoms.